The number of alkyl halides is 3. The molecule has 0 aliphatic heterocycles. The van der Waals surface area contributed by atoms with Crippen molar-refractivity contribution in [3.05, 3.63) is 35.7 Å². The molecule has 0 aliphatic carbocycles. The van der Waals surface area contributed by atoms with Gasteiger partial charge in [-0.3, -0.25) is 4.98 Å². The molecule has 3 heterocycles. The normalized spacial score (nSPS) is 12.9. The van der Waals surface area contributed by atoms with Gasteiger partial charge in [0.25, 0.3) is 0 Å². The first-order valence-electron chi connectivity index (χ1n) is 9.50. The van der Waals surface area contributed by atoms with Crippen LogP contribution in [0.25, 0.3) is 22.7 Å². The molecule has 0 bridgehead atoms. The van der Waals surface area contributed by atoms with Gasteiger partial charge in [-0.1, -0.05) is 6.92 Å². The standard InChI is InChI=1S/C20H21F3N4O4S/c1-6-32(29,30)14-7-11(18(28)31-19(2,3)4)9-24-15(14)17-26-13-8-12(20(21,22)23)10-25-16(13)27(17)5/h7-10H,6H2,1-5H3. The van der Waals surface area contributed by atoms with E-state index in [1.54, 1.807) is 20.8 Å². The molecule has 0 saturated carbocycles. The smallest absolute Gasteiger partial charge is 0.417 e. The Morgan fingerprint density at radius 1 is 1.12 bits per heavy atom. The van der Waals surface area contributed by atoms with Crippen LogP contribution in [-0.2, 0) is 27.8 Å². The Labute approximate surface area is 182 Å². The molecule has 0 fully saturated rings. The van der Waals surface area contributed by atoms with E-state index in [0.29, 0.717) is 6.20 Å². The SMILES string of the molecule is CCS(=O)(=O)c1cc(C(=O)OC(C)(C)C)cnc1-c1nc2cc(C(F)(F)F)cnc2n1C. The Kier molecular flexibility index (Phi) is 5.79. The molecule has 32 heavy (non-hydrogen) atoms. The van der Waals surface area contributed by atoms with Crippen LogP contribution in [0.1, 0.15) is 43.6 Å². The number of hydrogen-bond acceptors (Lipinski definition) is 7. The van der Waals surface area contributed by atoms with Gasteiger partial charge >= 0.3 is 12.1 Å². The number of esters is 1. The van der Waals surface area contributed by atoms with Crippen LogP contribution in [0.3, 0.4) is 0 Å². The lowest BCUT2D eigenvalue weighted by atomic mass is 10.2. The second kappa shape index (κ2) is 7.84. The fraction of sp³-hybridized carbons (Fsp3) is 0.400. The first kappa shape index (κ1) is 23.6. The van der Waals surface area contributed by atoms with Crippen LogP contribution in [0.4, 0.5) is 13.2 Å². The first-order valence-corrected chi connectivity index (χ1v) is 11.2. The molecule has 0 saturated heterocycles. The summed E-state index contributed by atoms with van der Waals surface area (Å²) in [6, 6.07) is 1.97. The van der Waals surface area contributed by atoms with Gasteiger partial charge in [-0.05, 0) is 32.9 Å². The van der Waals surface area contributed by atoms with Gasteiger partial charge in [0.15, 0.2) is 21.3 Å². The average molecular weight is 470 g/mol. The number of aromatic nitrogens is 4. The molecule has 3 rings (SSSR count). The number of rotatable bonds is 4. The highest BCUT2D eigenvalue weighted by molar-refractivity contribution is 7.91. The van der Waals surface area contributed by atoms with E-state index in [2.05, 4.69) is 15.0 Å². The molecule has 0 atom stereocenters. The molecule has 3 aromatic rings. The van der Waals surface area contributed by atoms with Crippen LogP contribution >= 0.6 is 0 Å². The van der Waals surface area contributed by atoms with Gasteiger partial charge in [-0.2, -0.15) is 13.2 Å². The number of nitrogens with zero attached hydrogens (tertiary/aromatic N) is 4. The third kappa shape index (κ3) is 4.59. The summed E-state index contributed by atoms with van der Waals surface area (Å²) in [6.45, 7) is 6.42. The molecule has 12 heteroatoms. The summed E-state index contributed by atoms with van der Waals surface area (Å²) in [5.74, 6) is -1.06. The van der Waals surface area contributed by atoms with Crippen molar-refractivity contribution in [1.29, 1.82) is 0 Å². The van der Waals surface area contributed by atoms with E-state index in [0.717, 1.165) is 18.3 Å². The molecule has 0 aliphatic rings. The molecular weight excluding hydrogens is 449 g/mol. The number of sulfone groups is 1. The topological polar surface area (TPSA) is 104 Å². The maximum absolute atomic E-state index is 13.0. The maximum Gasteiger partial charge on any atom is 0.417 e. The molecule has 0 amide bonds. The Morgan fingerprint density at radius 2 is 1.78 bits per heavy atom. The molecule has 0 radical (unpaired) electrons. The third-order valence-corrected chi connectivity index (χ3v) is 6.19. The van der Waals surface area contributed by atoms with E-state index >= 15 is 0 Å². The lowest BCUT2D eigenvalue weighted by molar-refractivity contribution is -0.137. The summed E-state index contributed by atoms with van der Waals surface area (Å²) >= 11 is 0. The van der Waals surface area contributed by atoms with Gasteiger partial charge in [0, 0.05) is 19.4 Å². The summed E-state index contributed by atoms with van der Waals surface area (Å²) in [5.41, 5.74) is -1.93. The molecule has 172 valence electrons. The highest BCUT2D eigenvalue weighted by atomic mass is 32.2. The summed E-state index contributed by atoms with van der Waals surface area (Å²) in [5, 5.41) is 0. The van der Waals surface area contributed by atoms with Gasteiger partial charge < -0.3 is 9.30 Å². The number of ether oxygens (including phenoxy) is 1. The Hall–Kier alpha value is -3.02. The number of fused-ring (bicyclic) bond motifs is 1. The van der Waals surface area contributed by atoms with E-state index in [1.165, 1.54) is 18.5 Å². The Bertz CT molecular complexity index is 1310. The predicted octanol–water partition coefficient (Wildman–Crippen LogP) is 3.80. The van der Waals surface area contributed by atoms with E-state index in [4.69, 9.17) is 4.74 Å². The Morgan fingerprint density at radius 3 is 2.34 bits per heavy atom. The van der Waals surface area contributed by atoms with Gasteiger partial charge in [-0.15, -0.1) is 0 Å². The maximum atomic E-state index is 13.0. The summed E-state index contributed by atoms with van der Waals surface area (Å²) < 4.78 is 71.3. The highest BCUT2D eigenvalue weighted by Crippen LogP contribution is 2.33. The minimum Gasteiger partial charge on any atom is -0.456 e. The van der Waals surface area contributed by atoms with Crippen molar-refractivity contribution in [2.75, 3.05) is 5.75 Å². The number of carbonyl (C=O) groups is 1. The number of imidazole rings is 1. The minimum atomic E-state index is -4.61. The largest absolute Gasteiger partial charge is 0.456 e. The lowest BCUT2D eigenvalue weighted by Crippen LogP contribution is -2.24. The summed E-state index contributed by atoms with van der Waals surface area (Å²) in [4.78, 5) is 24.2. The molecule has 0 spiro atoms. The Balaban J connectivity index is 2.22. The summed E-state index contributed by atoms with van der Waals surface area (Å²) in [6.07, 6.45) is -2.79. The fourth-order valence-electron chi connectivity index (χ4n) is 2.90. The highest BCUT2D eigenvalue weighted by Gasteiger charge is 2.32. The van der Waals surface area contributed by atoms with Crippen LogP contribution in [0.15, 0.2) is 29.4 Å². The van der Waals surface area contributed by atoms with Crippen LogP contribution < -0.4 is 0 Å². The van der Waals surface area contributed by atoms with Crippen LogP contribution in [0, 0.1) is 0 Å². The number of hydrogen-bond donors (Lipinski definition) is 0. The monoisotopic (exact) mass is 470 g/mol. The minimum absolute atomic E-state index is 0.00501. The van der Waals surface area contributed by atoms with Crippen molar-refractivity contribution in [1.82, 2.24) is 19.5 Å². The lowest BCUT2D eigenvalue weighted by Gasteiger charge is -2.19. The van der Waals surface area contributed by atoms with Crippen LogP contribution in [0.2, 0.25) is 0 Å². The van der Waals surface area contributed by atoms with E-state index in [-0.39, 0.29) is 38.9 Å². The number of halogens is 3. The molecular formula is C20H21F3N4O4S. The van der Waals surface area contributed by atoms with E-state index in [9.17, 15) is 26.4 Å². The van der Waals surface area contributed by atoms with E-state index < -0.39 is 33.1 Å². The van der Waals surface area contributed by atoms with Crippen molar-refractivity contribution in [2.45, 2.75) is 44.4 Å². The van der Waals surface area contributed by atoms with Crippen molar-refractivity contribution >= 4 is 27.0 Å². The number of pyridine rings is 2. The zero-order chi connectivity index (χ0) is 24.1. The molecule has 0 aromatic carbocycles. The fourth-order valence-corrected chi connectivity index (χ4v) is 3.95. The van der Waals surface area contributed by atoms with Gasteiger partial charge in [0.05, 0.1) is 21.8 Å². The zero-order valence-electron chi connectivity index (χ0n) is 18.0. The van der Waals surface area contributed by atoms with Gasteiger partial charge in [0.1, 0.15) is 16.8 Å². The zero-order valence-corrected chi connectivity index (χ0v) is 18.8. The van der Waals surface area contributed by atoms with Gasteiger partial charge in [-0.25, -0.2) is 23.2 Å². The summed E-state index contributed by atoms with van der Waals surface area (Å²) in [7, 11) is -2.40. The second-order valence-electron chi connectivity index (χ2n) is 8.03. The predicted molar refractivity (Wildman–Crippen MR) is 110 cm³/mol. The van der Waals surface area contributed by atoms with Crippen LogP contribution in [-0.4, -0.2) is 45.3 Å². The quantitative estimate of drug-likeness (QED) is 0.534. The van der Waals surface area contributed by atoms with Gasteiger partial charge in [0.2, 0.25) is 0 Å². The van der Waals surface area contributed by atoms with Crippen molar-refractivity contribution in [2.24, 2.45) is 7.05 Å². The van der Waals surface area contributed by atoms with Crippen LogP contribution in [0.5, 0.6) is 0 Å². The molecule has 0 unspecified atom stereocenters. The van der Waals surface area contributed by atoms with Crippen molar-refractivity contribution < 1.29 is 31.1 Å². The number of aryl methyl sites for hydroxylation is 1. The first-order chi connectivity index (χ1) is 14.6. The second-order valence-corrected chi connectivity index (χ2v) is 10.3. The molecule has 0 N–H and O–H groups in total. The molecule has 3 aromatic heterocycles. The number of carbonyl (C=O) groups excluding carboxylic acids is 1. The third-order valence-electron chi connectivity index (χ3n) is 4.45. The van der Waals surface area contributed by atoms with Crippen molar-refractivity contribution in [3.8, 4) is 11.5 Å². The van der Waals surface area contributed by atoms with E-state index in [1.807, 2.05) is 0 Å². The average Bonchev–Trinajstić information content (AvgIpc) is 3.01. The molecule has 8 nitrogen and oxygen atoms in total. The van der Waals surface area contributed by atoms with Crippen molar-refractivity contribution in [3.63, 3.8) is 0 Å².